The molecule has 0 aliphatic heterocycles. The van der Waals surface area contributed by atoms with Crippen molar-refractivity contribution in [3.05, 3.63) is 132 Å². The first kappa shape index (κ1) is 28.1. The fourth-order valence-electron chi connectivity index (χ4n) is 6.05. The molecule has 7 aromatic rings. The molecule has 7 rings (SSSR count). The van der Waals surface area contributed by atoms with Crippen molar-refractivity contribution in [1.29, 1.82) is 5.26 Å². The minimum atomic E-state index is -0.0295. The molecule has 3 aromatic heterocycles. The van der Waals surface area contributed by atoms with Crippen LogP contribution in [-0.2, 0) is 5.41 Å². The van der Waals surface area contributed by atoms with Gasteiger partial charge >= 0.3 is 0 Å². The predicted octanol–water partition coefficient (Wildman–Crippen LogP) is 9.61. The van der Waals surface area contributed by atoms with Gasteiger partial charge in [0.15, 0.2) is 0 Å². The van der Waals surface area contributed by atoms with Crippen LogP contribution in [0.2, 0.25) is 0 Å². The zero-order valence-electron chi connectivity index (χ0n) is 26.0. The van der Waals surface area contributed by atoms with Crippen molar-refractivity contribution in [3.63, 3.8) is 0 Å². The quantitative estimate of drug-likeness (QED) is 0.201. The average molecular weight is 588 g/mol. The topological polar surface area (TPSA) is 68.7 Å². The largest absolute Gasteiger partial charge is 0.457 e. The Morgan fingerprint density at radius 2 is 1.53 bits per heavy atom. The molecule has 0 fully saturated rings. The summed E-state index contributed by atoms with van der Waals surface area (Å²) in [5.74, 6) is 2.25. The van der Waals surface area contributed by atoms with Gasteiger partial charge in [-0.3, -0.25) is 4.57 Å². The molecule has 0 atom stereocenters. The Bertz CT molecular complexity index is 2260. The number of nitriles is 1. The van der Waals surface area contributed by atoms with E-state index >= 15 is 0 Å². The molecule has 0 saturated carbocycles. The summed E-state index contributed by atoms with van der Waals surface area (Å²) in [5, 5.41) is 11.7. The number of hydrogen-bond acceptors (Lipinski definition) is 4. The fourth-order valence-corrected chi connectivity index (χ4v) is 6.05. The summed E-state index contributed by atoms with van der Waals surface area (Å²) in [6.45, 7) is 10.8. The van der Waals surface area contributed by atoms with Gasteiger partial charge in [-0.05, 0) is 90.6 Å². The number of para-hydroxylation sites is 1. The van der Waals surface area contributed by atoms with Crippen LogP contribution in [0.5, 0.6) is 11.5 Å². The summed E-state index contributed by atoms with van der Waals surface area (Å²) in [7, 11) is 0. The molecule has 0 aliphatic carbocycles. The van der Waals surface area contributed by atoms with Crippen molar-refractivity contribution in [1.82, 2.24) is 19.1 Å². The third kappa shape index (κ3) is 5.13. The van der Waals surface area contributed by atoms with Gasteiger partial charge in [-0.2, -0.15) is 5.26 Å². The van der Waals surface area contributed by atoms with Gasteiger partial charge in [0.05, 0.1) is 40.4 Å². The van der Waals surface area contributed by atoms with E-state index in [1.165, 1.54) is 16.7 Å². The van der Waals surface area contributed by atoms with Crippen LogP contribution < -0.4 is 4.74 Å². The number of aromatic nitrogens is 4. The first-order valence-electron chi connectivity index (χ1n) is 15.0. The lowest BCUT2D eigenvalue weighted by Crippen LogP contribution is -2.12. The van der Waals surface area contributed by atoms with Gasteiger partial charge in [0.2, 0.25) is 0 Å². The van der Waals surface area contributed by atoms with E-state index in [1.54, 1.807) is 0 Å². The maximum atomic E-state index is 9.62. The summed E-state index contributed by atoms with van der Waals surface area (Å²) < 4.78 is 10.7. The van der Waals surface area contributed by atoms with Gasteiger partial charge < -0.3 is 9.30 Å². The van der Waals surface area contributed by atoms with Gasteiger partial charge in [0.1, 0.15) is 17.3 Å². The molecule has 0 aliphatic rings. The lowest BCUT2D eigenvalue weighted by molar-refractivity contribution is 0.483. The van der Waals surface area contributed by atoms with Crippen LogP contribution in [0.1, 0.15) is 43.0 Å². The highest BCUT2D eigenvalue weighted by Crippen LogP contribution is 2.37. The third-order valence-electron chi connectivity index (χ3n) is 8.35. The molecule has 0 unspecified atom stereocenters. The molecular formula is C39H33N5O. The van der Waals surface area contributed by atoms with Crippen molar-refractivity contribution >= 4 is 21.8 Å². The van der Waals surface area contributed by atoms with Crippen LogP contribution in [-0.4, -0.2) is 19.1 Å². The minimum absolute atomic E-state index is 0.0295. The monoisotopic (exact) mass is 587 g/mol. The van der Waals surface area contributed by atoms with Crippen LogP contribution >= 0.6 is 0 Å². The molecule has 0 radical (unpaired) electrons. The second kappa shape index (κ2) is 10.8. The average Bonchev–Trinajstić information content (AvgIpc) is 3.63. The van der Waals surface area contributed by atoms with Crippen molar-refractivity contribution in [2.75, 3.05) is 0 Å². The summed E-state index contributed by atoms with van der Waals surface area (Å²) in [6.07, 6.45) is 5.79. The van der Waals surface area contributed by atoms with E-state index in [0.717, 1.165) is 50.3 Å². The van der Waals surface area contributed by atoms with Gasteiger partial charge in [0, 0.05) is 34.8 Å². The Morgan fingerprint density at radius 1 is 0.756 bits per heavy atom. The highest BCUT2D eigenvalue weighted by molar-refractivity contribution is 6.10. The number of benzene rings is 4. The smallest absolute Gasteiger partial charge is 0.137 e. The Morgan fingerprint density at radius 3 is 2.31 bits per heavy atom. The molecule has 3 heterocycles. The number of fused-ring (bicyclic) bond motifs is 3. The lowest BCUT2D eigenvalue weighted by Gasteiger charge is -2.20. The summed E-state index contributed by atoms with van der Waals surface area (Å²) in [4.78, 5) is 9.50. The third-order valence-corrected chi connectivity index (χ3v) is 8.35. The predicted molar refractivity (Wildman–Crippen MR) is 181 cm³/mol. The minimum Gasteiger partial charge on any atom is -0.457 e. The molecule has 0 N–H and O–H groups in total. The molecule has 6 nitrogen and oxygen atoms in total. The number of ether oxygens (including phenoxy) is 1. The van der Waals surface area contributed by atoms with Gasteiger partial charge in [0.25, 0.3) is 0 Å². The van der Waals surface area contributed by atoms with Crippen LogP contribution in [0.25, 0.3) is 44.6 Å². The Balaban J connectivity index is 1.29. The number of nitrogens with zero attached hydrogens (tertiary/aromatic N) is 5. The maximum Gasteiger partial charge on any atom is 0.137 e. The zero-order valence-corrected chi connectivity index (χ0v) is 26.0. The maximum absolute atomic E-state index is 9.62. The van der Waals surface area contributed by atoms with E-state index in [2.05, 4.69) is 98.5 Å². The van der Waals surface area contributed by atoms with Crippen LogP contribution in [0.4, 0.5) is 0 Å². The van der Waals surface area contributed by atoms with E-state index in [-0.39, 0.29) is 5.41 Å². The summed E-state index contributed by atoms with van der Waals surface area (Å²) >= 11 is 0. The number of aryl methyl sites for hydroxylation is 2. The second-order valence-corrected chi connectivity index (χ2v) is 12.5. The van der Waals surface area contributed by atoms with Gasteiger partial charge in [-0.15, -0.1) is 0 Å². The SMILES string of the molecule is Cc1cccc(C)c1-n1cnc(-c2cccc(Oc3ccc4c5cc(C#N)ccc5n(-c5cc(C(C)(C)C)ccn5)c4c3)c2)c1. The van der Waals surface area contributed by atoms with E-state index in [9.17, 15) is 5.26 Å². The Labute approximate surface area is 262 Å². The van der Waals surface area contributed by atoms with E-state index in [4.69, 9.17) is 14.7 Å². The molecular weight excluding hydrogens is 554 g/mol. The molecule has 220 valence electrons. The van der Waals surface area contributed by atoms with Crippen LogP contribution in [0.3, 0.4) is 0 Å². The highest BCUT2D eigenvalue weighted by Gasteiger charge is 2.19. The molecule has 0 saturated heterocycles. The number of imidazole rings is 1. The van der Waals surface area contributed by atoms with E-state index < -0.39 is 0 Å². The van der Waals surface area contributed by atoms with Crippen molar-refractivity contribution in [2.45, 2.75) is 40.0 Å². The Hall–Kier alpha value is -5.67. The molecule has 45 heavy (non-hydrogen) atoms. The van der Waals surface area contributed by atoms with Crippen LogP contribution in [0.15, 0.2) is 110 Å². The first-order valence-corrected chi connectivity index (χ1v) is 15.0. The van der Waals surface area contributed by atoms with Crippen molar-refractivity contribution in [2.24, 2.45) is 0 Å². The Kier molecular flexibility index (Phi) is 6.75. The first-order chi connectivity index (χ1) is 21.7. The standard InChI is InChI=1S/C39H33N5O/c1-25-8-6-9-26(2)38(25)43-23-34(42-24-43)28-10-7-11-30(19-28)45-31-13-14-32-33-18-27(22-40)12-15-35(33)44(36(32)21-31)37-20-29(16-17-41-37)39(3,4)5/h6-21,23-24H,1-5H3. The molecule has 6 heteroatoms. The fraction of sp³-hybridized carbons (Fsp3) is 0.154. The van der Waals surface area contributed by atoms with E-state index in [0.29, 0.717) is 11.3 Å². The van der Waals surface area contributed by atoms with Crippen LogP contribution in [0, 0.1) is 25.2 Å². The van der Waals surface area contributed by atoms with Crippen molar-refractivity contribution < 1.29 is 4.74 Å². The van der Waals surface area contributed by atoms with E-state index in [1.807, 2.05) is 61.1 Å². The normalized spacial score (nSPS) is 11.6. The summed E-state index contributed by atoms with van der Waals surface area (Å²) in [6, 6.07) is 32.7. The highest BCUT2D eigenvalue weighted by atomic mass is 16.5. The number of hydrogen-bond donors (Lipinski definition) is 0. The van der Waals surface area contributed by atoms with Gasteiger partial charge in [-0.1, -0.05) is 51.1 Å². The molecule has 0 amide bonds. The summed E-state index contributed by atoms with van der Waals surface area (Å²) in [5.41, 5.74) is 9.13. The molecule has 0 spiro atoms. The second-order valence-electron chi connectivity index (χ2n) is 12.5. The lowest BCUT2D eigenvalue weighted by atomic mass is 9.88. The number of pyridine rings is 1. The zero-order chi connectivity index (χ0) is 31.3. The molecule has 4 aromatic carbocycles. The van der Waals surface area contributed by atoms with Gasteiger partial charge in [-0.25, -0.2) is 9.97 Å². The molecule has 0 bridgehead atoms. The van der Waals surface area contributed by atoms with Crippen molar-refractivity contribution in [3.8, 4) is 40.3 Å². The number of rotatable bonds is 5.